The van der Waals surface area contributed by atoms with Gasteiger partial charge in [-0.3, -0.25) is 9.59 Å². The summed E-state index contributed by atoms with van der Waals surface area (Å²) in [7, 11) is 0. The van der Waals surface area contributed by atoms with Gasteiger partial charge in [-0.05, 0) is 37.8 Å². The van der Waals surface area contributed by atoms with Crippen molar-refractivity contribution in [2.45, 2.75) is 44.2 Å². The molecule has 0 bridgehead atoms. The molecule has 3 amide bonds. The number of carbonyl (C=O) groups excluding carboxylic acids is 2. The monoisotopic (exact) mass is 442 g/mol. The minimum Gasteiger partial charge on any atom is -0.481 e. The molecule has 1 rings (SSSR count). The number of carboxylic acid groups (broad SMARTS) is 3. The number of rotatable bonds is 13. The lowest BCUT2D eigenvalue weighted by Gasteiger charge is -2.18. The van der Waals surface area contributed by atoms with Gasteiger partial charge in [-0.15, -0.1) is 0 Å². The van der Waals surface area contributed by atoms with E-state index < -0.39 is 54.3 Å². The van der Waals surface area contributed by atoms with E-state index in [1.807, 2.05) is 5.32 Å². The number of unbranched alkanes of at least 4 members (excludes halogenated alkanes) is 1. The van der Waals surface area contributed by atoms with Gasteiger partial charge < -0.3 is 31.3 Å². The molecule has 0 saturated carbocycles. The van der Waals surface area contributed by atoms with Gasteiger partial charge >= 0.3 is 23.9 Å². The lowest BCUT2D eigenvalue weighted by molar-refractivity contribution is -0.140. The Labute approximate surface area is 175 Å². The van der Waals surface area contributed by atoms with Crippen LogP contribution in [0.15, 0.2) is 18.3 Å². The molecule has 0 spiro atoms. The highest BCUT2D eigenvalue weighted by Crippen LogP contribution is 2.04. The number of pyridine rings is 1. The maximum Gasteiger partial charge on any atom is 0.326 e. The first-order valence-corrected chi connectivity index (χ1v) is 9.24. The molecule has 0 radical (unpaired) electrons. The molecule has 0 aliphatic rings. The molecular weight excluding hydrogens is 419 g/mol. The highest BCUT2D eigenvalue weighted by Gasteiger charge is 2.24. The number of urea groups is 1. The van der Waals surface area contributed by atoms with Crippen LogP contribution in [0, 0.1) is 5.95 Å². The highest BCUT2D eigenvalue weighted by molar-refractivity contribution is 5.93. The van der Waals surface area contributed by atoms with E-state index in [0.717, 1.165) is 12.3 Å². The van der Waals surface area contributed by atoms with Crippen LogP contribution in [-0.4, -0.2) is 68.8 Å². The molecule has 31 heavy (non-hydrogen) atoms. The molecule has 12 nitrogen and oxygen atoms in total. The summed E-state index contributed by atoms with van der Waals surface area (Å²) >= 11 is 0. The van der Waals surface area contributed by atoms with Crippen molar-refractivity contribution in [2.24, 2.45) is 0 Å². The quantitative estimate of drug-likeness (QED) is 0.182. The van der Waals surface area contributed by atoms with Crippen LogP contribution in [0.1, 0.15) is 42.5 Å². The Balaban J connectivity index is 2.41. The highest BCUT2D eigenvalue weighted by atomic mass is 19.1. The number of nitrogens with one attached hydrogen (secondary N) is 3. The summed E-state index contributed by atoms with van der Waals surface area (Å²) in [6.45, 7) is 0.199. The van der Waals surface area contributed by atoms with Crippen LogP contribution in [0.5, 0.6) is 0 Å². The van der Waals surface area contributed by atoms with Crippen molar-refractivity contribution in [3.8, 4) is 0 Å². The molecule has 0 aliphatic heterocycles. The second-order valence-corrected chi connectivity index (χ2v) is 6.45. The van der Waals surface area contributed by atoms with Crippen molar-refractivity contribution >= 4 is 29.8 Å². The molecular formula is C18H23FN4O8. The van der Waals surface area contributed by atoms with E-state index in [-0.39, 0.29) is 24.9 Å². The van der Waals surface area contributed by atoms with Gasteiger partial charge in [0.05, 0.1) is 5.56 Å². The number of carboxylic acids is 3. The van der Waals surface area contributed by atoms with Gasteiger partial charge in [-0.25, -0.2) is 19.4 Å². The second-order valence-electron chi connectivity index (χ2n) is 6.45. The molecule has 0 aliphatic carbocycles. The molecule has 1 aromatic heterocycles. The SMILES string of the molecule is O=C(O)CCC(NC(=O)NC(CCCCNC(=O)c1ccc(F)nc1)C(=O)O)C(=O)O. The van der Waals surface area contributed by atoms with E-state index in [2.05, 4.69) is 15.6 Å². The molecule has 13 heteroatoms. The van der Waals surface area contributed by atoms with Gasteiger partial charge in [0.2, 0.25) is 5.95 Å². The van der Waals surface area contributed by atoms with Crippen molar-refractivity contribution in [1.29, 1.82) is 0 Å². The summed E-state index contributed by atoms with van der Waals surface area (Å²) in [5.74, 6) is -5.21. The van der Waals surface area contributed by atoms with E-state index in [1.165, 1.54) is 6.07 Å². The number of nitrogens with zero attached hydrogens (tertiary/aromatic N) is 1. The van der Waals surface area contributed by atoms with Gasteiger partial charge in [-0.1, -0.05) is 0 Å². The number of halogens is 1. The fraction of sp³-hybridized carbons (Fsp3) is 0.444. The Kier molecular flexibility index (Phi) is 10.4. The molecule has 2 unspecified atom stereocenters. The standard InChI is InChI=1S/C18H23FN4O8/c19-13-6-4-10(9-21-13)15(26)20-8-2-1-3-11(16(27)28)22-18(31)23-12(17(29)30)5-7-14(24)25/h4,6,9,11-12H,1-3,5,7-8H2,(H,20,26)(H,24,25)(H,27,28)(H,29,30)(H2,22,23,31). The first kappa shape index (κ1) is 25.3. The predicted molar refractivity (Wildman–Crippen MR) is 102 cm³/mol. The number of aromatic nitrogens is 1. The smallest absolute Gasteiger partial charge is 0.326 e. The van der Waals surface area contributed by atoms with E-state index in [4.69, 9.17) is 10.2 Å². The van der Waals surface area contributed by atoms with Gasteiger partial charge in [0.1, 0.15) is 12.1 Å². The third kappa shape index (κ3) is 10.0. The first-order valence-electron chi connectivity index (χ1n) is 9.24. The van der Waals surface area contributed by atoms with E-state index in [0.29, 0.717) is 12.8 Å². The van der Waals surface area contributed by atoms with Crippen molar-refractivity contribution in [2.75, 3.05) is 6.54 Å². The summed E-state index contributed by atoms with van der Waals surface area (Å²) in [5, 5.41) is 33.5. The Morgan fingerprint density at radius 3 is 2.06 bits per heavy atom. The summed E-state index contributed by atoms with van der Waals surface area (Å²) in [5.41, 5.74) is 0.166. The fourth-order valence-electron chi connectivity index (χ4n) is 2.43. The molecule has 2 atom stereocenters. The summed E-state index contributed by atoms with van der Waals surface area (Å²) < 4.78 is 12.7. The molecule has 0 fully saturated rings. The molecule has 0 saturated heterocycles. The zero-order chi connectivity index (χ0) is 23.4. The summed E-state index contributed by atoms with van der Waals surface area (Å²) in [6.07, 6.45) is 0.918. The molecule has 170 valence electrons. The largest absolute Gasteiger partial charge is 0.481 e. The van der Waals surface area contributed by atoms with Gasteiger partial charge in [0.15, 0.2) is 0 Å². The van der Waals surface area contributed by atoms with Crippen molar-refractivity contribution < 1.29 is 43.7 Å². The van der Waals surface area contributed by atoms with Crippen LogP contribution in [0.25, 0.3) is 0 Å². The Bertz CT molecular complexity index is 802. The number of carbonyl (C=O) groups is 5. The Morgan fingerprint density at radius 1 is 0.935 bits per heavy atom. The predicted octanol–water partition coefficient (Wildman–Crippen LogP) is 0.191. The number of amides is 3. The third-order valence-electron chi connectivity index (χ3n) is 4.05. The number of hydrogen-bond acceptors (Lipinski definition) is 6. The van der Waals surface area contributed by atoms with Crippen molar-refractivity contribution in [3.63, 3.8) is 0 Å². The minimum atomic E-state index is -1.48. The lowest BCUT2D eigenvalue weighted by atomic mass is 10.1. The van der Waals surface area contributed by atoms with Crippen LogP contribution >= 0.6 is 0 Å². The van der Waals surface area contributed by atoms with Gasteiger partial charge in [0.25, 0.3) is 5.91 Å². The topological polar surface area (TPSA) is 195 Å². The van der Waals surface area contributed by atoms with Gasteiger partial charge in [0, 0.05) is 19.2 Å². The van der Waals surface area contributed by atoms with Crippen LogP contribution in [-0.2, 0) is 14.4 Å². The third-order valence-corrected chi connectivity index (χ3v) is 4.05. The number of hydrogen-bond donors (Lipinski definition) is 6. The maximum atomic E-state index is 12.7. The lowest BCUT2D eigenvalue weighted by Crippen LogP contribution is -2.51. The first-order chi connectivity index (χ1) is 14.6. The van der Waals surface area contributed by atoms with Crippen molar-refractivity contribution in [3.05, 3.63) is 29.8 Å². The van der Waals surface area contributed by atoms with Crippen LogP contribution < -0.4 is 16.0 Å². The van der Waals surface area contributed by atoms with Gasteiger partial charge in [-0.2, -0.15) is 4.39 Å². The Hall–Kier alpha value is -3.77. The van der Waals surface area contributed by atoms with E-state index in [1.54, 1.807) is 0 Å². The van der Waals surface area contributed by atoms with Crippen LogP contribution in [0.3, 0.4) is 0 Å². The minimum absolute atomic E-state index is 0.00356. The zero-order valence-corrected chi connectivity index (χ0v) is 16.3. The molecule has 1 heterocycles. The maximum absolute atomic E-state index is 12.7. The average Bonchev–Trinajstić information content (AvgIpc) is 2.69. The fourth-order valence-corrected chi connectivity index (χ4v) is 2.43. The van der Waals surface area contributed by atoms with Crippen LogP contribution in [0.4, 0.5) is 9.18 Å². The van der Waals surface area contributed by atoms with Crippen LogP contribution in [0.2, 0.25) is 0 Å². The van der Waals surface area contributed by atoms with E-state index in [9.17, 15) is 33.5 Å². The summed E-state index contributed by atoms with van der Waals surface area (Å²) in [6, 6.07) is -1.55. The second kappa shape index (κ2) is 12.7. The molecule has 1 aromatic rings. The number of aliphatic carboxylic acids is 3. The Morgan fingerprint density at radius 2 is 1.55 bits per heavy atom. The normalized spacial score (nSPS) is 12.3. The van der Waals surface area contributed by atoms with Crippen molar-refractivity contribution in [1.82, 2.24) is 20.9 Å². The average molecular weight is 442 g/mol. The van der Waals surface area contributed by atoms with E-state index >= 15 is 0 Å². The zero-order valence-electron chi connectivity index (χ0n) is 16.3. The molecule has 6 N–H and O–H groups in total. The molecule has 0 aromatic carbocycles. The summed E-state index contributed by atoms with van der Waals surface area (Å²) in [4.78, 5) is 60.0.